The second-order valence-electron chi connectivity index (χ2n) is 3.25. The largest absolute Gasteiger partial charge is 0.327 e. The molecule has 0 spiro atoms. The lowest BCUT2D eigenvalue weighted by Gasteiger charge is -2.37. The van der Waals surface area contributed by atoms with E-state index >= 15 is 0 Å². The Bertz CT molecular complexity index is 101. The zero-order valence-corrected chi connectivity index (χ0v) is 5.14. The smallest absolute Gasteiger partial charge is 0.00725 e. The predicted molar refractivity (Wildman–Crippen MR) is 33.4 cm³/mol. The molecule has 0 aliphatic heterocycles. The number of hydrogen-bond donors (Lipinski definition) is 1. The second kappa shape index (κ2) is 1.47. The molecule has 2 rings (SSSR count). The van der Waals surface area contributed by atoms with Crippen LogP contribution < -0.4 is 5.73 Å². The summed E-state index contributed by atoms with van der Waals surface area (Å²) in [6.07, 6.45) is 5.66. The van der Waals surface area contributed by atoms with E-state index in [1.165, 1.54) is 25.7 Å². The molecule has 0 radical (unpaired) electrons. The van der Waals surface area contributed by atoms with Gasteiger partial charge in [-0.25, -0.2) is 0 Å². The van der Waals surface area contributed by atoms with Gasteiger partial charge in [0, 0.05) is 6.04 Å². The standard InChI is InChI=1S/C7H13N/c8-7-4-5-2-1-3-6(5)7/h5-7H,1-4,8H2. The number of rotatable bonds is 0. The summed E-state index contributed by atoms with van der Waals surface area (Å²) in [5.41, 5.74) is 5.76. The van der Waals surface area contributed by atoms with Crippen molar-refractivity contribution in [2.24, 2.45) is 17.6 Å². The van der Waals surface area contributed by atoms with Gasteiger partial charge in [-0.1, -0.05) is 12.8 Å². The first kappa shape index (κ1) is 4.80. The van der Waals surface area contributed by atoms with Gasteiger partial charge < -0.3 is 5.73 Å². The third-order valence-electron chi connectivity index (χ3n) is 2.84. The molecular weight excluding hydrogens is 98.1 g/mol. The van der Waals surface area contributed by atoms with E-state index < -0.39 is 0 Å². The number of fused-ring (bicyclic) bond motifs is 1. The molecular formula is C7H13N. The second-order valence-corrected chi connectivity index (χ2v) is 3.25. The highest BCUT2D eigenvalue weighted by Crippen LogP contribution is 2.45. The maximum atomic E-state index is 5.76. The van der Waals surface area contributed by atoms with E-state index in [1.54, 1.807) is 0 Å². The Labute approximate surface area is 50.3 Å². The normalized spacial score (nSPS) is 52.9. The van der Waals surface area contributed by atoms with Gasteiger partial charge in [-0.3, -0.25) is 0 Å². The topological polar surface area (TPSA) is 26.0 Å². The molecule has 2 N–H and O–H groups in total. The van der Waals surface area contributed by atoms with Crippen molar-refractivity contribution in [3.05, 3.63) is 0 Å². The monoisotopic (exact) mass is 111 g/mol. The Kier molecular flexibility index (Phi) is 0.884. The van der Waals surface area contributed by atoms with Crippen molar-refractivity contribution in [1.82, 2.24) is 0 Å². The molecule has 2 saturated carbocycles. The van der Waals surface area contributed by atoms with Gasteiger partial charge in [0.1, 0.15) is 0 Å². The van der Waals surface area contributed by atoms with Crippen LogP contribution in [0, 0.1) is 11.8 Å². The Hall–Kier alpha value is -0.0400. The van der Waals surface area contributed by atoms with Gasteiger partial charge in [-0.05, 0) is 24.7 Å². The molecule has 0 aromatic rings. The average molecular weight is 111 g/mol. The molecule has 2 aliphatic carbocycles. The van der Waals surface area contributed by atoms with E-state index in [0.29, 0.717) is 6.04 Å². The summed E-state index contributed by atoms with van der Waals surface area (Å²) >= 11 is 0. The van der Waals surface area contributed by atoms with Gasteiger partial charge in [-0.2, -0.15) is 0 Å². The molecule has 0 aromatic carbocycles. The van der Waals surface area contributed by atoms with Crippen molar-refractivity contribution in [2.75, 3.05) is 0 Å². The van der Waals surface area contributed by atoms with Crippen LogP contribution >= 0.6 is 0 Å². The summed E-state index contributed by atoms with van der Waals surface area (Å²) < 4.78 is 0. The summed E-state index contributed by atoms with van der Waals surface area (Å²) in [6.45, 7) is 0. The van der Waals surface area contributed by atoms with Crippen molar-refractivity contribution < 1.29 is 0 Å². The van der Waals surface area contributed by atoms with E-state index in [2.05, 4.69) is 0 Å². The molecule has 3 atom stereocenters. The fourth-order valence-electron chi connectivity index (χ4n) is 2.25. The molecule has 8 heavy (non-hydrogen) atoms. The lowest BCUT2D eigenvalue weighted by atomic mass is 9.72. The van der Waals surface area contributed by atoms with Crippen LogP contribution in [0.2, 0.25) is 0 Å². The van der Waals surface area contributed by atoms with Crippen LogP contribution in [0.5, 0.6) is 0 Å². The maximum absolute atomic E-state index is 5.76. The minimum absolute atomic E-state index is 0.586. The van der Waals surface area contributed by atoms with Gasteiger partial charge in [0.05, 0.1) is 0 Å². The molecule has 0 bridgehead atoms. The summed E-state index contributed by atoms with van der Waals surface area (Å²) in [7, 11) is 0. The van der Waals surface area contributed by atoms with E-state index in [4.69, 9.17) is 5.73 Å². The third kappa shape index (κ3) is 0.455. The van der Waals surface area contributed by atoms with Crippen LogP contribution in [0.25, 0.3) is 0 Å². The minimum atomic E-state index is 0.586. The highest BCUT2D eigenvalue weighted by atomic mass is 14.7. The zero-order chi connectivity index (χ0) is 5.56. The lowest BCUT2D eigenvalue weighted by Crippen LogP contribution is -2.44. The highest BCUT2D eigenvalue weighted by Gasteiger charge is 2.41. The van der Waals surface area contributed by atoms with Crippen LogP contribution in [0.4, 0.5) is 0 Å². The van der Waals surface area contributed by atoms with Crippen LogP contribution in [0.15, 0.2) is 0 Å². The number of nitrogens with two attached hydrogens (primary N) is 1. The highest BCUT2D eigenvalue weighted by molar-refractivity contribution is 4.95. The average Bonchev–Trinajstić information content (AvgIpc) is 2.09. The van der Waals surface area contributed by atoms with Crippen molar-refractivity contribution in [3.8, 4) is 0 Å². The molecule has 2 aliphatic rings. The van der Waals surface area contributed by atoms with Crippen LogP contribution in [0.1, 0.15) is 25.7 Å². The van der Waals surface area contributed by atoms with Gasteiger partial charge in [0.15, 0.2) is 0 Å². The molecule has 0 aromatic heterocycles. The SMILES string of the molecule is NC1CC2CCCC12. The van der Waals surface area contributed by atoms with Crippen LogP contribution in [-0.4, -0.2) is 6.04 Å². The van der Waals surface area contributed by atoms with Gasteiger partial charge in [0.25, 0.3) is 0 Å². The van der Waals surface area contributed by atoms with E-state index in [-0.39, 0.29) is 0 Å². The molecule has 1 heteroatoms. The van der Waals surface area contributed by atoms with Gasteiger partial charge >= 0.3 is 0 Å². The minimum Gasteiger partial charge on any atom is -0.327 e. The van der Waals surface area contributed by atoms with Crippen LogP contribution in [-0.2, 0) is 0 Å². The van der Waals surface area contributed by atoms with E-state index in [1.807, 2.05) is 0 Å². The molecule has 0 amide bonds. The van der Waals surface area contributed by atoms with Gasteiger partial charge in [0.2, 0.25) is 0 Å². The first-order valence-electron chi connectivity index (χ1n) is 3.63. The van der Waals surface area contributed by atoms with E-state index in [0.717, 1.165) is 11.8 Å². The van der Waals surface area contributed by atoms with Crippen molar-refractivity contribution in [1.29, 1.82) is 0 Å². The Morgan fingerprint density at radius 3 is 2.62 bits per heavy atom. The zero-order valence-electron chi connectivity index (χ0n) is 5.14. The molecule has 46 valence electrons. The summed E-state index contributed by atoms with van der Waals surface area (Å²) in [5.74, 6) is 1.99. The van der Waals surface area contributed by atoms with Crippen molar-refractivity contribution in [3.63, 3.8) is 0 Å². The summed E-state index contributed by atoms with van der Waals surface area (Å²) in [6, 6.07) is 0.586. The lowest BCUT2D eigenvalue weighted by molar-refractivity contribution is 0.173. The molecule has 0 saturated heterocycles. The molecule has 3 unspecified atom stereocenters. The maximum Gasteiger partial charge on any atom is 0.00725 e. The number of hydrogen-bond acceptors (Lipinski definition) is 1. The van der Waals surface area contributed by atoms with E-state index in [9.17, 15) is 0 Å². The molecule has 2 fully saturated rings. The Morgan fingerprint density at radius 2 is 2.12 bits per heavy atom. The van der Waals surface area contributed by atoms with Crippen molar-refractivity contribution in [2.45, 2.75) is 31.7 Å². The quantitative estimate of drug-likeness (QED) is 0.498. The van der Waals surface area contributed by atoms with Crippen molar-refractivity contribution >= 4 is 0 Å². The first-order chi connectivity index (χ1) is 3.88. The fraction of sp³-hybridized carbons (Fsp3) is 1.00. The summed E-state index contributed by atoms with van der Waals surface area (Å²) in [4.78, 5) is 0. The fourth-order valence-corrected chi connectivity index (χ4v) is 2.25. The first-order valence-corrected chi connectivity index (χ1v) is 3.63. The third-order valence-corrected chi connectivity index (χ3v) is 2.84. The molecule has 1 nitrogen and oxygen atoms in total. The Balaban J connectivity index is 2.02. The van der Waals surface area contributed by atoms with Gasteiger partial charge in [-0.15, -0.1) is 0 Å². The summed E-state index contributed by atoms with van der Waals surface area (Å²) in [5, 5.41) is 0. The molecule has 0 heterocycles. The Morgan fingerprint density at radius 1 is 1.25 bits per heavy atom. The predicted octanol–water partition coefficient (Wildman–Crippen LogP) is 1.13. The van der Waals surface area contributed by atoms with Crippen LogP contribution in [0.3, 0.4) is 0 Å².